The Hall–Kier alpha value is -2.68. The number of carbonyl (C=O) groups is 1. The number of rotatable bonds is 6. The van der Waals surface area contributed by atoms with E-state index in [4.69, 9.17) is 0 Å². The molecule has 8 nitrogen and oxygen atoms in total. The van der Waals surface area contributed by atoms with Crippen LogP contribution in [-0.4, -0.2) is 24.6 Å². The summed E-state index contributed by atoms with van der Waals surface area (Å²) in [6.07, 6.45) is 1.72. The number of halogens is 1. The number of imidazole rings is 1. The largest absolute Gasteiger partial charge is 0.348 e. The number of nitrogens with one attached hydrogen (secondary N) is 1. The lowest BCUT2D eigenvalue weighted by Crippen LogP contribution is -2.38. The van der Waals surface area contributed by atoms with Gasteiger partial charge in [0.25, 0.3) is 5.56 Å². The number of hydrogen-bond acceptors (Lipinski definition) is 4. The summed E-state index contributed by atoms with van der Waals surface area (Å²) in [7, 11) is 2.95. The molecule has 0 radical (unpaired) electrons. The number of amides is 1. The monoisotopic (exact) mass is 447 g/mol. The van der Waals surface area contributed by atoms with Gasteiger partial charge in [0.05, 0.1) is 6.04 Å². The molecule has 1 amide bonds. The van der Waals surface area contributed by atoms with Crippen LogP contribution in [0.3, 0.4) is 0 Å². The van der Waals surface area contributed by atoms with Crippen molar-refractivity contribution in [2.75, 3.05) is 0 Å². The lowest BCUT2D eigenvalue weighted by molar-refractivity contribution is -0.122. The number of benzene rings is 1. The predicted octanol–water partition coefficient (Wildman–Crippen LogP) is 1.85. The summed E-state index contributed by atoms with van der Waals surface area (Å²) < 4.78 is 4.17. The summed E-state index contributed by atoms with van der Waals surface area (Å²) in [5, 5.41) is 3.05. The molecule has 0 fully saturated rings. The van der Waals surface area contributed by atoms with E-state index >= 15 is 0 Å². The minimum absolute atomic E-state index is 0.0649. The highest BCUT2D eigenvalue weighted by Crippen LogP contribution is 2.19. The molecule has 1 aromatic carbocycles. The Morgan fingerprint density at radius 3 is 2.50 bits per heavy atom. The number of hydrogen-bond donors (Lipinski definition) is 1. The van der Waals surface area contributed by atoms with Crippen LogP contribution in [0, 0.1) is 0 Å². The average Bonchev–Trinajstić information content (AvgIpc) is 3.01. The average molecular weight is 448 g/mol. The molecule has 2 aromatic heterocycles. The molecule has 9 heteroatoms. The van der Waals surface area contributed by atoms with Gasteiger partial charge in [0.15, 0.2) is 15.9 Å². The molecule has 0 aliphatic heterocycles. The minimum Gasteiger partial charge on any atom is -0.348 e. The Morgan fingerprint density at radius 2 is 1.86 bits per heavy atom. The number of nitrogens with zero attached hydrogens (tertiary/aromatic N) is 4. The third-order valence-corrected chi connectivity index (χ3v) is 5.31. The van der Waals surface area contributed by atoms with Crippen LogP contribution in [0.5, 0.6) is 0 Å². The molecule has 1 N–H and O–H groups in total. The fraction of sp³-hybridized carbons (Fsp3) is 0.368. The van der Waals surface area contributed by atoms with E-state index < -0.39 is 11.2 Å². The van der Waals surface area contributed by atoms with Gasteiger partial charge in [-0.3, -0.25) is 23.3 Å². The highest BCUT2D eigenvalue weighted by atomic mass is 79.9. The Balaban J connectivity index is 1.94. The zero-order valence-electron chi connectivity index (χ0n) is 16.0. The van der Waals surface area contributed by atoms with E-state index in [1.54, 1.807) is 7.05 Å². The molecule has 3 rings (SSSR count). The van der Waals surface area contributed by atoms with Crippen molar-refractivity contribution in [3.05, 3.63) is 61.5 Å². The summed E-state index contributed by atoms with van der Waals surface area (Å²) >= 11 is 3.31. The minimum atomic E-state index is -0.494. The molecule has 0 aliphatic carbocycles. The van der Waals surface area contributed by atoms with E-state index in [1.807, 2.05) is 30.3 Å². The Labute approximate surface area is 169 Å². The van der Waals surface area contributed by atoms with Gasteiger partial charge in [-0.15, -0.1) is 0 Å². The van der Waals surface area contributed by atoms with E-state index in [9.17, 15) is 14.4 Å². The normalized spacial score (nSPS) is 12.3. The first kappa shape index (κ1) is 20.1. The van der Waals surface area contributed by atoms with Crippen LogP contribution in [0.15, 0.2) is 44.7 Å². The van der Waals surface area contributed by atoms with E-state index in [1.165, 1.54) is 16.2 Å². The number of aromatic nitrogens is 4. The van der Waals surface area contributed by atoms with Gasteiger partial charge in [0.1, 0.15) is 6.54 Å². The molecule has 0 saturated heterocycles. The maximum Gasteiger partial charge on any atom is 0.332 e. The molecule has 0 aliphatic rings. The Bertz CT molecular complexity index is 1130. The van der Waals surface area contributed by atoms with E-state index in [-0.39, 0.29) is 24.0 Å². The Morgan fingerprint density at radius 1 is 1.18 bits per heavy atom. The van der Waals surface area contributed by atoms with Gasteiger partial charge in [-0.1, -0.05) is 43.7 Å². The molecule has 1 atom stereocenters. The van der Waals surface area contributed by atoms with Gasteiger partial charge in [-0.25, -0.2) is 9.78 Å². The van der Waals surface area contributed by atoms with Gasteiger partial charge in [0.2, 0.25) is 5.91 Å². The lowest BCUT2D eigenvalue weighted by atomic mass is 10.0. The van der Waals surface area contributed by atoms with E-state index in [0.29, 0.717) is 10.4 Å². The third-order valence-electron chi connectivity index (χ3n) is 4.71. The highest BCUT2D eigenvalue weighted by Gasteiger charge is 2.21. The van der Waals surface area contributed by atoms with Crippen molar-refractivity contribution in [2.45, 2.75) is 32.4 Å². The summed E-state index contributed by atoms with van der Waals surface area (Å²) in [5.74, 6) is -0.226. The Kier molecular flexibility index (Phi) is 5.83. The van der Waals surface area contributed by atoms with Crippen molar-refractivity contribution < 1.29 is 4.79 Å². The molecule has 28 heavy (non-hydrogen) atoms. The second kappa shape index (κ2) is 8.14. The topological polar surface area (TPSA) is 90.9 Å². The SMILES string of the molecule is CCCC(NC(=O)Cn1c(Br)nc2c(=O)n(C)c(=O)n(C)c21)c1ccccc1. The van der Waals surface area contributed by atoms with Crippen molar-refractivity contribution in [2.24, 2.45) is 14.1 Å². The fourth-order valence-electron chi connectivity index (χ4n) is 3.28. The number of aryl methyl sites for hydroxylation is 1. The lowest BCUT2D eigenvalue weighted by Gasteiger charge is -2.19. The molecule has 148 valence electrons. The standard InChI is InChI=1S/C19H22BrN5O3/c1-4-8-13(12-9-6-5-7-10-12)21-14(26)11-25-16-15(22-18(25)20)17(27)24(3)19(28)23(16)2/h5-7,9-10,13H,4,8,11H2,1-3H3,(H,21,26). The van der Waals surface area contributed by atoms with E-state index in [0.717, 1.165) is 23.0 Å². The second-order valence-corrected chi connectivity index (χ2v) is 7.37. The van der Waals surface area contributed by atoms with Crippen molar-refractivity contribution >= 4 is 33.0 Å². The first-order chi connectivity index (χ1) is 13.3. The van der Waals surface area contributed by atoms with Crippen LogP contribution in [0.4, 0.5) is 0 Å². The zero-order chi connectivity index (χ0) is 20.4. The molecular weight excluding hydrogens is 426 g/mol. The zero-order valence-corrected chi connectivity index (χ0v) is 17.6. The van der Waals surface area contributed by atoms with Crippen molar-refractivity contribution in [3.8, 4) is 0 Å². The summed E-state index contributed by atoms with van der Waals surface area (Å²) in [5.41, 5.74) is 0.513. The molecule has 2 heterocycles. The molecule has 0 spiro atoms. The summed E-state index contributed by atoms with van der Waals surface area (Å²) in [6.45, 7) is 2.00. The van der Waals surface area contributed by atoms with Gasteiger partial charge < -0.3 is 5.32 Å². The molecule has 0 bridgehead atoms. The van der Waals surface area contributed by atoms with Crippen molar-refractivity contribution in [3.63, 3.8) is 0 Å². The van der Waals surface area contributed by atoms with Gasteiger partial charge >= 0.3 is 5.69 Å². The summed E-state index contributed by atoms with van der Waals surface area (Å²) in [6, 6.07) is 9.67. The van der Waals surface area contributed by atoms with Crippen LogP contribution in [0.1, 0.15) is 31.4 Å². The smallest absolute Gasteiger partial charge is 0.332 e. The number of carbonyl (C=O) groups excluding carboxylic acids is 1. The fourth-order valence-corrected chi connectivity index (χ4v) is 3.75. The predicted molar refractivity (Wildman–Crippen MR) is 110 cm³/mol. The van der Waals surface area contributed by atoms with Gasteiger partial charge in [-0.2, -0.15) is 0 Å². The van der Waals surface area contributed by atoms with Gasteiger partial charge in [0, 0.05) is 14.1 Å². The van der Waals surface area contributed by atoms with Crippen LogP contribution in [0.25, 0.3) is 11.2 Å². The van der Waals surface area contributed by atoms with Gasteiger partial charge in [-0.05, 0) is 27.9 Å². The first-order valence-corrected chi connectivity index (χ1v) is 9.80. The first-order valence-electron chi connectivity index (χ1n) is 9.01. The van der Waals surface area contributed by atoms with Crippen molar-refractivity contribution in [1.82, 2.24) is 24.0 Å². The maximum absolute atomic E-state index is 12.8. The molecule has 0 saturated carbocycles. The van der Waals surface area contributed by atoms with Crippen LogP contribution in [-0.2, 0) is 25.4 Å². The second-order valence-electron chi connectivity index (χ2n) is 6.66. The van der Waals surface area contributed by atoms with Crippen LogP contribution < -0.4 is 16.6 Å². The van der Waals surface area contributed by atoms with Crippen molar-refractivity contribution in [1.29, 1.82) is 0 Å². The highest BCUT2D eigenvalue weighted by molar-refractivity contribution is 9.10. The molecular formula is C19H22BrN5O3. The summed E-state index contributed by atoms with van der Waals surface area (Å²) in [4.78, 5) is 41.6. The van der Waals surface area contributed by atoms with Crippen LogP contribution in [0.2, 0.25) is 0 Å². The van der Waals surface area contributed by atoms with Crippen LogP contribution >= 0.6 is 15.9 Å². The quantitative estimate of drug-likeness (QED) is 0.583. The third kappa shape index (κ3) is 3.66. The van der Waals surface area contributed by atoms with E-state index in [2.05, 4.69) is 33.2 Å². The molecule has 3 aromatic rings. The number of fused-ring (bicyclic) bond motifs is 1. The maximum atomic E-state index is 12.8. The molecule has 1 unspecified atom stereocenters.